The van der Waals surface area contributed by atoms with Gasteiger partial charge in [-0.25, -0.2) is 0 Å². The van der Waals surface area contributed by atoms with Gasteiger partial charge in [-0.1, -0.05) is 18.2 Å². The van der Waals surface area contributed by atoms with Crippen molar-refractivity contribution in [1.82, 2.24) is 4.90 Å². The zero-order valence-electron chi connectivity index (χ0n) is 12.0. The Kier molecular flexibility index (Phi) is 3.50. The molecule has 3 nitrogen and oxygen atoms in total. The molecular weight excluding hydrogens is 234 g/mol. The van der Waals surface area contributed by atoms with Crippen LogP contribution in [-0.2, 0) is 0 Å². The molecule has 2 unspecified atom stereocenters. The van der Waals surface area contributed by atoms with Crippen molar-refractivity contribution in [3.05, 3.63) is 29.8 Å². The number of hydrogen-bond donors (Lipinski definition) is 1. The highest BCUT2D eigenvalue weighted by Gasteiger charge is 2.35. The first-order valence-electron chi connectivity index (χ1n) is 7.52. The predicted molar refractivity (Wildman–Crippen MR) is 80.4 cm³/mol. The number of fused-ring (bicyclic) bond motifs is 1. The van der Waals surface area contributed by atoms with E-state index < -0.39 is 0 Å². The monoisotopic (exact) mass is 259 g/mol. The molecule has 0 bridgehead atoms. The first-order valence-corrected chi connectivity index (χ1v) is 7.52. The fourth-order valence-corrected chi connectivity index (χ4v) is 3.66. The van der Waals surface area contributed by atoms with Gasteiger partial charge >= 0.3 is 0 Å². The lowest BCUT2D eigenvalue weighted by molar-refractivity contribution is 0.202. The highest BCUT2D eigenvalue weighted by molar-refractivity contribution is 5.56. The molecule has 2 aliphatic heterocycles. The van der Waals surface area contributed by atoms with Crippen LogP contribution in [-0.4, -0.2) is 36.6 Å². The fourth-order valence-electron chi connectivity index (χ4n) is 3.66. The Hall–Kier alpha value is -1.06. The van der Waals surface area contributed by atoms with Crippen molar-refractivity contribution in [2.24, 2.45) is 5.73 Å². The van der Waals surface area contributed by atoms with Gasteiger partial charge < -0.3 is 10.6 Å². The molecule has 3 heteroatoms. The summed E-state index contributed by atoms with van der Waals surface area (Å²) in [5, 5.41) is 0. The molecule has 0 aromatic heterocycles. The molecule has 1 aromatic carbocycles. The van der Waals surface area contributed by atoms with Gasteiger partial charge in [-0.05, 0) is 44.9 Å². The van der Waals surface area contributed by atoms with E-state index >= 15 is 0 Å². The molecule has 1 aromatic rings. The lowest BCUT2D eigenvalue weighted by Crippen LogP contribution is -2.55. The Bertz CT molecular complexity index is 443. The molecule has 2 fully saturated rings. The zero-order chi connectivity index (χ0) is 13.4. The maximum atomic E-state index is 6.14. The first kappa shape index (κ1) is 12.9. The van der Waals surface area contributed by atoms with Crippen LogP contribution in [0.1, 0.15) is 38.3 Å². The zero-order valence-corrected chi connectivity index (χ0v) is 12.0. The van der Waals surface area contributed by atoms with Gasteiger partial charge in [0.05, 0.1) is 0 Å². The van der Waals surface area contributed by atoms with Gasteiger partial charge in [0, 0.05) is 36.9 Å². The quantitative estimate of drug-likeness (QED) is 0.885. The van der Waals surface area contributed by atoms with E-state index in [1.807, 2.05) is 0 Å². The van der Waals surface area contributed by atoms with Crippen LogP contribution < -0.4 is 10.6 Å². The van der Waals surface area contributed by atoms with Crippen molar-refractivity contribution in [1.29, 1.82) is 0 Å². The Morgan fingerprint density at radius 3 is 2.84 bits per heavy atom. The lowest BCUT2D eigenvalue weighted by Gasteiger charge is -2.44. The molecule has 2 saturated heterocycles. The maximum absolute atomic E-state index is 6.14. The Balaban J connectivity index is 1.89. The number of hydrogen-bond acceptors (Lipinski definition) is 3. The summed E-state index contributed by atoms with van der Waals surface area (Å²) < 4.78 is 0. The lowest BCUT2D eigenvalue weighted by atomic mass is 10.0. The fraction of sp³-hybridized carbons (Fsp3) is 0.625. The van der Waals surface area contributed by atoms with E-state index in [1.54, 1.807) is 0 Å². The highest BCUT2D eigenvalue weighted by Crippen LogP contribution is 2.32. The average Bonchev–Trinajstić information content (AvgIpc) is 2.84. The summed E-state index contributed by atoms with van der Waals surface area (Å²) in [7, 11) is 0. The van der Waals surface area contributed by atoms with E-state index in [0.29, 0.717) is 6.04 Å². The maximum Gasteiger partial charge on any atom is 0.0417 e. The Labute approximate surface area is 116 Å². The average molecular weight is 259 g/mol. The van der Waals surface area contributed by atoms with E-state index in [1.165, 1.54) is 37.2 Å². The van der Waals surface area contributed by atoms with Gasteiger partial charge in [-0.3, -0.25) is 4.90 Å². The third-order valence-electron chi connectivity index (χ3n) is 4.67. The van der Waals surface area contributed by atoms with Gasteiger partial charge in [-0.2, -0.15) is 0 Å². The topological polar surface area (TPSA) is 32.5 Å². The van der Waals surface area contributed by atoms with Crippen LogP contribution in [0.4, 0.5) is 5.69 Å². The van der Waals surface area contributed by atoms with Crippen molar-refractivity contribution in [3.63, 3.8) is 0 Å². The molecule has 2 heterocycles. The number of piperazine rings is 1. The van der Waals surface area contributed by atoms with E-state index in [2.05, 4.69) is 47.9 Å². The number of nitrogens with zero attached hydrogens (tertiary/aromatic N) is 2. The molecule has 3 rings (SSSR count). The third kappa shape index (κ3) is 2.37. The second-order valence-electron chi connectivity index (χ2n) is 6.14. The second kappa shape index (κ2) is 5.14. The minimum atomic E-state index is 0.102. The number of para-hydroxylation sites is 1. The van der Waals surface area contributed by atoms with Crippen molar-refractivity contribution in [2.75, 3.05) is 24.5 Å². The van der Waals surface area contributed by atoms with E-state index in [0.717, 1.165) is 12.6 Å². The van der Waals surface area contributed by atoms with Gasteiger partial charge in [-0.15, -0.1) is 0 Å². The van der Waals surface area contributed by atoms with Crippen LogP contribution in [0.15, 0.2) is 24.3 Å². The number of benzene rings is 1. The molecule has 19 heavy (non-hydrogen) atoms. The molecule has 2 aliphatic rings. The molecule has 0 saturated carbocycles. The number of nitrogens with two attached hydrogens (primary N) is 1. The van der Waals surface area contributed by atoms with Crippen molar-refractivity contribution in [2.45, 2.75) is 44.8 Å². The normalized spacial score (nSPS) is 29.3. The van der Waals surface area contributed by atoms with Crippen LogP contribution in [0.2, 0.25) is 0 Å². The highest BCUT2D eigenvalue weighted by atomic mass is 15.3. The summed E-state index contributed by atoms with van der Waals surface area (Å²) >= 11 is 0. The van der Waals surface area contributed by atoms with Gasteiger partial charge in [0.15, 0.2) is 0 Å². The molecular formula is C16H25N3. The number of anilines is 1. The van der Waals surface area contributed by atoms with Crippen LogP contribution >= 0.6 is 0 Å². The largest absolute Gasteiger partial charge is 0.366 e. The Morgan fingerprint density at radius 2 is 2.05 bits per heavy atom. The molecule has 3 atom stereocenters. The van der Waals surface area contributed by atoms with Gasteiger partial charge in [0.25, 0.3) is 0 Å². The predicted octanol–water partition coefficient (Wildman–Crippen LogP) is 2.38. The minimum absolute atomic E-state index is 0.102. The summed E-state index contributed by atoms with van der Waals surface area (Å²) in [5.74, 6) is 0. The van der Waals surface area contributed by atoms with Gasteiger partial charge in [0.1, 0.15) is 0 Å². The molecule has 2 N–H and O–H groups in total. The summed E-state index contributed by atoms with van der Waals surface area (Å²) in [6.07, 6.45) is 2.71. The summed E-state index contributed by atoms with van der Waals surface area (Å²) in [6, 6.07) is 10.1. The van der Waals surface area contributed by atoms with E-state index in [-0.39, 0.29) is 6.04 Å². The Morgan fingerprint density at radius 1 is 1.26 bits per heavy atom. The molecule has 104 valence electrons. The second-order valence-corrected chi connectivity index (χ2v) is 6.14. The van der Waals surface area contributed by atoms with Crippen molar-refractivity contribution >= 4 is 5.69 Å². The molecule has 0 aliphatic carbocycles. The third-order valence-corrected chi connectivity index (χ3v) is 4.67. The molecule has 0 spiro atoms. The van der Waals surface area contributed by atoms with E-state index in [9.17, 15) is 0 Å². The van der Waals surface area contributed by atoms with Crippen molar-refractivity contribution < 1.29 is 0 Å². The summed E-state index contributed by atoms with van der Waals surface area (Å²) in [5.41, 5.74) is 8.76. The van der Waals surface area contributed by atoms with Crippen LogP contribution in [0.5, 0.6) is 0 Å². The smallest absolute Gasteiger partial charge is 0.0417 e. The van der Waals surface area contributed by atoms with E-state index in [4.69, 9.17) is 5.73 Å². The van der Waals surface area contributed by atoms with Crippen molar-refractivity contribution in [3.8, 4) is 0 Å². The summed E-state index contributed by atoms with van der Waals surface area (Å²) in [4.78, 5) is 5.24. The van der Waals surface area contributed by atoms with Gasteiger partial charge in [0.2, 0.25) is 0 Å². The van der Waals surface area contributed by atoms with Crippen LogP contribution in [0.3, 0.4) is 0 Å². The SMILES string of the molecule is CC1CN2CCCC2CN1c1ccccc1[C@H](C)N. The number of rotatable bonds is 2. The minimum Gasteiger partial charge on any atom is -0.366 e. The first-order chi connectivity index (χ1) is 9.16. The summed E-state index contributed by atoms with van der Waals surface area (Å²) in [6.45, 7) is 8.06. The molecule has 0 radical (unpaired) electrons. The molecule has 0 amide bonds. The standard InChI is InChI=1S/C16H25N3/c1-12-10-18-9-5-6-14(18)11-19(12)16-8-4-3-7-15(16)13(2)17/h3-4,7-8,12-14H,5-6,9-11,17H2,1-2H3/t12?,13-,14?/m0/s1. The van der Waals surface area contributed by atoms with Crippen LogP contribution in [0, 0.1) is 0 Å². The van der Waals surface area contributed by atoms with Crippen LogP contribution in [0.25, 0.3) is 0 Å².